The zero-order valence-electron chi connectivity index (χ0n) is 13.1. The van der Waals surface area contributed by atoms with E-state index in [2.05, 4.69) is 5.32 Å². The SMILES string of the molecule is N=C(N)c1ccc(N2CCC(CC(=O)NCCC(=O)O)C2=O)cc1. The lowest BCUT2D eigenvalue weighted by atomic mass is 10.0. The Morgan fingerprint density at radius 1 is 1.33 bits per heavy atom. The van der Waals surface area contributed by atoms with Gasteiger partial charge in [-0.1, -0.05) is 0 Å². The van der Waals surface area contributed by atoms with Gasteiger partial charge < -0.3 is 21.1 Å². The van der Waals surface area contributed by atoms with Crippen LogP contribution in [-0.2, 0) is 14.4 Å². The minimum Gasteiger partial charge on any atom is -0.481 e. The van der Waals surface area contributed by atoms with E-state index < -0.39 is 11.9 Å². The molecule has 5 N–H and O–H groups in total. The second-order valence-corrected chi connectivity index (χ2v) is 5.63. The fourth-order valence-electron chi connectivity index (χ4n) is 2.61. The van der Waals surface area contributed by atoms with Gasteiger partial charge in [0.2, 0.25) is 11.8 Å². The largest absolute Gasteiger partial charge is 0.481 e. The average molecular weight is 332 g/mol. The van der Waals surface area contributed by atoms with Crippen molar-refractivity contribution in [1.29, 1.82) is 5.41 Å². The number of carbonyl (C=O) groups excluding carboxylic acids is 2. The van der Waals surface area contributed by atoms with E-state index in [4.69, 9.17) is 16.2 Å². The highest BCUT2D eigenvalue weighted by molar-refractivity contribution is 6.00. The second-order valence-electron chi connectivity index (χ2n) is 5.63. The van der Waals surface area contributed by atoms with Crippen molar-refractivity contribution in [2.24, 2.45) is 11.7 Å². The average Bonchev–Trinajstić information content (AvgIpc) is 2.88. The molecule has 2 rings (SSSR count). The third-order valence-corrected chi connectivity index (χ3v) is 3.90. The fraction of sp³-hybridized carbons (Fsp3) is 0.375. The van der Waals surface area contributed by atoms with E-state index in [-0.39, 0.29) is 37.0 Å². The third kappa shape index (κ3) is 4.31. The predicted octanol–water partition coefficient (Wildman–Crippen LogP) is 0.305. The Kier molecular flexibility index (Phi) is 5.51. The number of nitrogens with zero attached hydrogens (tertiary/aromatic N) is 1. The molecule has 1 heterocycles. The summed E-state index contributed by atoms with van der Waals surface area (Å²) in [5.74, 6) is -1.86. The van der Waals surface area contributed by atoms with Crippen LogP contribution in [0.5, 0.6) is 0 Å². The van der Waals surface area contributed by atoms with E-state index in [1.165, 1.54) is 0 Å². The molecule has 1 saturated heterocycles. The summed E-state index contributed by atoms with van der Waals surface area (Å²) in [6.07, 6.45) is 0.485. The molecule has 128 valence electrons. The summed E-state index contributed by atoms with van der Waals surface area (Å²) in [4.78, 5) is 36.2. The predicted molar refractivity (Wildman–Crippen MR) is 87.8 cm³/mol. The summed E-state index contributed by atoms with van der Waals surface area (Å²) in [6, 6.07) is 6.81. The number of aliphatic carboxylic acids is 1. The number of amides is 2. The number of anilines is 1. The monoisotopic (exact) mass is 332 g/mol. The number of nitrogens with one attached hydrogen (secondary N) is 2. The number of carboxylic acid groups (broad SMARTS) is 1. The van der Waals surface area contributed by atoms with Gasteiger partial charge in [0.05, 0.1) is 6.42 Å². The highest BCUT2D eigenvalue weighted by Crippen LogP contribution is 2.27. The van der Waals surface area contributed by atoms with E-state index in [9.17, 15) is 14.4 Å². The second kappa shape index (κ2) is 7.58. The molecule has 0 bridgehead atoms. The van der Waals surface area contributed by atoms with Gasteiger partial charge in [0, 0.05) is 36.7 Å². The Labute approximate surface area is 139 Å². The number of carbonyl (C=O) groups is 3. The minimum atomic E-state index is -0.979. The van der Waals surface area contributed by atoms with E-state index in [0.29, 0.717) is 24.2 Å². The summed E-state index contributed by atoms with van der Waals surface area (Å²) in [5, 5.41) is 18.4. The third-order valence-electron chi connectivity index (χ3n) is 3.90. The first-order valence-corrected chi connectivity index (χ1v) is 7.63. The maximum atomic E-state index is 12.4. The van der Waals surface area contributed by atoms with Crippen molar-refractivity contribution in [3.63, 3.8) is 0 Å². The van der Waals surface area contributed by atoms with Crippen molar-refractivity contribution in [3.05, 3.63) is 29.8 Å². The lowest BCUT2D eigenvalue weighted by molar-refractivity contribution is -0.137. The summed E-state index contributed by atoms with van der Waals surface area (Å²) in [7, 11) is 0. The molecule has 24 heavy (non-hydrogen) atoms. The van der Waals surface area contributed by atoms with Crippen LogP contribution in [0.3, 0.4) is 0 Å². The minimum absolute atomic E-state index is 0.0368. The number of amidine groups is 1. The Bertz CT molecular complexity index is 657. The van der Waals surface area contributed by atoms with Crippen LogP contribution < -0.4 is 16.0 Å². The van der Waals surface area contributed by atoms with Crippen LogP contribution in [0.2, 0.25) is 0 Å². The standard InChI is InChI=1S/C16H20N4O4/c17-15(18)10-1-3-12(4-2-10)20-8-6-11(16(20)24)9-13(21)19-7-5-14(22)23/h1-4,11H,5-9H2,(H3,17,18)(H,19,21)(H,22,23). The first-order chi connectivity index (χ1) is 11.4. The van der Waals surface area contributed by atoms with Crippen molar-refractivity contribution in [3.8, 4) is 0 Å². The molecule has 1 unspecified atom stereocenters. The van der Waals surface area contributed by atoms with Crippen LogP contribution in [0.25, 0.3) is 0 Å². The lowest BCUT2D eigenvalue weighted by Crippen LogP contribution is -2.32. The number of carboxylic acids is 1. The number of rotatable bonds is 7. The van der Waals surface area contributed by atoms with Crippen molar-refractivity contribution in [1.82, 2.24) is 5.32 Å². The zero-order chi connectivity index (χ0) is 17.7. The van der Waals surface area contributed by atoms with Gasteiger partial charge in [-0.2, -0.15) is 0 Å². The number of nitrogen functional groups attached to an aromatic ring is 1. The molecule has 1 aliphatic rings. The van der Waals surface area contributed by atoms with Gasteiger partial charge >= 0.3 is 5.97 Å². The summed E-state index contributed by atoms with van der Waals surface area (Å²) in [6.45, 7) is 0.580. The molecule has 1 aliphatic heterocycles. The maximum Gasteiger partial charge on any atom is 0.305 e. The van der Waals surface area contributed by atoms with Crippen LogP contribution in [0.4, 0.5) is 5.69 Å². The molecular weight excluding hydrogens is 312 g/mol. The van der Waals surface area contributed by atoms with Gasteiger partial charge in [0.15, 0.2) is 0 Å². The number of nitrogens with two attached hydrogens (primary N) is 1. The van der Waals surface area contributed by atoms with Gasteiger partial charge in [-0.3, -0.25) is 19.8 Å². The normalized spacial score (nSPS) is 16.9. The van der Waals surface area contributed by atoms with E-state index in [1.807, 2.05) is 0 Å². The van der Waals surface area contributed by atoms with Gasteiger partial charge in [0.25, 0.3) is 0 Å². The van der Waals surface area contributed by atoms with Crippen molar-refractivity contribution < 1.29 is 19.5 Å². The summed E-state index contributed by atoms with van der Waals surface area (Å²) >= 11 is 0. The molecule has 8 heteroatoms. The van der Waals surface area contributed by atoms with Crippen LogP contribution in [0.15, 0.2) is 24.3 Å². The number of hydrogen-bond donors (Lipinski definition) is 4. The highest BCUT2D eigenvalue weighted by Gasteiger charge is 2.33. The molecule has 8 nitrogen and oxygen atoms in total. The Hall–Kier alpha value is -2.90. The molecule has 1 aromatic rings. The zero-order valence-corrected chi connectivity index (χ0v) is 13.1. The smallest absolute Gasteiger partial charge is 0.305 e. The summed E-state index contributed by atoms with van der Waals surface area (Å²) in [5.41, 5.74) is 6.69. The van der Waals surface area contributed by atoms with Gasteiger partial charge in [-0.05, 0) is 30.7 Å². The van der Waals surface area contributed by atoms with E-state index in [0.717, 1.165) is 0 Å². The molecule has 0 radical (unpaired) electrons. The number of benzene rings is 1. The van der Waals surface area contributed by atoms with Gasteiger partial charge in [-0.15, -0.1) is 0 Å². The molecule has 0 aromatic heterocycles. The van der Waals surface area contributed by atoms with Gasteiger partial charge in [-0.25, -0.2) is 0 Å². The van der Waals surface area contributed by atoms with Crippen molar-refractivity contribution in [2.45, 2.75) is 19.3 Å². The molecule has 1 atom stereocenters. The molecule has 0 aliphatic carbocycles. The van der Waals surface area contributed by atoms with Crippen LogP contribution in [0.1, 0.15) is 24.8 Å². The van der Waals surface area contributed by atoms with Crippen LogP contribution in [0, 0.1) is 11.3 Å². The van der Waals surface area contributed by atoms with Crippen LogP contribution in [-0.4, -0.2) is 41.8 Å². The van der Waals surface area contributed by atoms with Gasteiger partial charge in [0.1, 0.15) is 5.84 Å². The molecule has 1 fully saturated rings. The Morgan fingerprint density at radius 2 is 2.00 bits per heavy atom. The van der Waals surface area contributed by atoms with E-state index in [1.54, 1.807) is 29.2 Å². The van der Waals surface area contributed by atoms with E-state index >= 15 is 0 Å². The molecule has 0 saturated carbocycles. The molecule has 1 aromatic carbocycles. The Morgan fingerprint density at radius 3 is 2.58 bits per heavy atom. The highest BCUT2D eigenvalue weighted by atomic mass is 16.4. The molecule has 0 spiro atoms. The topological polar surface area (TPSA) is 137 Å². The summed E-state index contributed by atoms with van der Waals surface area (Å²) < 4.78 is 0. The van der Waals surface area contributed by atoms with Crippen molar-refractivity contribution >= 4 is 29.3 Å². The Balaban J connectivity index is 1.91. The molecular formula is C16H20N4O4. The molecule has 2 amide bonds. The first kappa shape index (κ1) is 17.5. The van der Waals surface area contributed by atoms with Crippen LogP contribution >= 0.6 is 0 Å². The fourth-order valence-corrected chi connectivity index (χ4v) is 2.61. The first-order valence-electron chi connectivity index (χ1n) is 7.63. The maximum absolute atomic E-state index is 12.4. The number of hydrogen-bond acceptors (Lipinski definition) is 4. The quantitative estimate of drug-likeness (QED) is 0.420. The van der Waals surface area contributed by atoms with Crippen molar-refractivity contribution in [2.75, 3.05) is 18.0 Å². The lowest BCUT2D eigenvalue weighted by Gasteiger charge is -2.17.